The summed E-state index contributed by atoms with van der Waals surface area (Å²) in [5.74, 6) is 0. The average molecular weight is 188 g/mol. The number of rotatable bonds is 3. The van der Waals surface area contributed by atoms with E-state index in [9.17, 15) is 4.79 Å². The van der Waals surface area contributed by atoms with Crippen LogP contribution in [0, 0.1) is 0 Å². The summed E-state index contributed by atoms with van der Waals surface area (Å²) in [4.78, 5) is 11.8. The van der Waals surface area contributed by atoms with Crippen LogP contribution in [0.15, 0.2) is 0 Å². The van der Waals surface area contributed by atoms with E-state index in [4.69, 9.17) is 4.74 Å². The fourth-order valence-electron chi connectivity index (χ4n) is 0.992. The van der Waals surface area contributed by atoms with Crippen LogP contribution in [-0.2, 0) is 9.53 Å². The topological polar surface area (TPSA) is 41.6 Å². The van der Waals surface area contributed by atoms with Crippen LogP contribution >= 0.6 is 0 Å². The van der Waals surface area contributed by atoms with Gasteiger partial charge in [-0.25, -0.2) is 0 Å². The third-order valence-corrected chi connectivity index (χ3v) is 1.71. The second kappa shape index (κ2) is 9.48. The van der Waals surface area contributed by atoms with Crippen LogP contribution in [0.3, 0.4) is 0 Å². The molecule has 1 aliphatic rings. The summed E-state index contributed by atoms with van der Waals surface area (Å²) in [5.41, 5.74) is 0. The van der Waals surface area contributed by atoms with Gasteiger partial charge in [-0.2, -0.15) is 0 Å². The lowest BCUT2D eigenvalue weighted by Crippen LogP contribution is -2.42. The summed E-state index contributed by atoms with van der Waals surface area (Å²) in [6.45, 7) is 6.59. The molecule has 4 nitrogen and oxygen atoms in total. The van der Waals surface area contributed by atoms with Crippen molar-refractivity contribution >= 4 is 6.41 Å². The van der Waals surface area contributed by atoms with Crippen LogP contribution in [0.2, 0.25) is 0 Å². The SMILES string of the molecule is CCCOC.O=CN1CCNCC1. The van der Waals surface area contributed by atoms with E-state index in [1.54, 1.807) is 12.0 Å². The third kappa shape index (κ3) is 7.74. The van der Waals surface area contributed by atoms with Crippen molar-refractivity contribution in [1.82, 2.24) is 10.2 Å². The molecule has 0 atom stereocenters. The van der Waals surface area contributed by atoms with Crippen molar-refractivity contribution in [3.63, 3.8) is 0 Å². The Hall–Kier alpha value is -0.610. The number of amides is 1. The molecule has 0 radical (unpaired) electrons. The maximum Gasteiger partial charge on any atom is 0.209 e. The molecule has 0 unspecified atom stereocenters. The molecule has 1 saturated heterocycles. The number of carbonyl (C=O) groups is 1. The molecule has 1 amide bonds. The Bertz CT molecular complexity index is 112. The first kappa shape index (κ1) is 12.4. The minimum Gasteiger partial charge on any atom is -0.385 e. The molecule has 0 aromatic rings. The quantitative estimate of drug-likeness (QED) is 0.638. The highest BCUT2D eigenvalue weighted by atomic mass is 16.5. The van der Waals surface area contributed by atoms with E-state index in [0.29, 0.717) is 0 Å². The van der Waals surface area contributed by atoms with Gasteiger partial charge in [0, 0.05) is 39.9 Å². The van der Waals surface area contributed by atoms with Crippen molar-refractivity contribution in [2.24, 2.45) is 0 Å². The summed E-state index contributed by atoms with van der Waals surface area (Å²) in [7, 11) is 1.71. The van der Waals surface area contributed by atoms with Gasteiger partial charge in [-0.05, 0) is 6.42 Å². The number of hydrogen-bond acceptors (Lipinski definition) is 3. The first-order valence-electron chi connectivity index (χ1n) is 4.74. The Labute approximate surface area is 80.2 Å². The van der Waals surface area contributed by atoms with Crippen molar-refractivity contribution in [1.29, 1.82) is 0 Å². The van der Waals surface area contributed by atoms with Gasteiger partial charge in [0.05, 0.1) is 0 Å². The summed E-state index contributed by atoms with van der Waals surface area (Å²) < 4.78 is 4.69. The lowest BCUT2D eigenvalue weighted by molar-refractivity contribution is -0.118. The predicted octanol–water partition coefficient (Wildman–Crippen LogP) is 0.0908. The Morgan fingerprint density at radius 2 is 2.08 bits per heavy atom. The van der Waals surface area contributed by atoms with Crippen molar-refractivity contribution < 1.29 is 9.53 Å². The number of carbonyl (C=O) groups excluding carboxylic acids is 1. The summed E-state index contributed by atoms with van der Waals surface area (Å²) in [5, 5.41) is 3.15. The van der Waals surface area contributed by atoms with Crippen LogP contribution in [0.25, 0.3) is 0 Å². The minimum absolute atomic E-state index is 0.865. The van der Waals surface area contributed by atoms with Crippen LogP contribution in [0.4, 0.5) is 0 Å². The predicted molar refractivity (Wildman–Crippen MR) is 52.7 cm³/mol. The molecule has 1 heterocycles. The molecular weight excluding hydrogens is 168 g/mol. The maximum absolute atomic E-state index is 10.1. The smallest absolute Gasteiger partial charge is 0.209 e. The normalized spacial score (nSPS) is 16.0. The monoisotopic (exact) mass is 188 g/mol. The maximum atomic E-state index is 10.1. The van der Waals surface area contributed by atoms with Crippen molar-refractivity contribution in [3.05, 3.63) is 0 Å². The number of hydrogen-bond donors (Lipinski definition) is 1. The summed E-state index contributed by atoms with van der Waals surface area (Å²) >= 11 is 0. The minimum atomic E-state index is 0.865. The molecule has 0 bridgehead atoms. The van der Waals surface area contributed by atoms with E-state index >= 15 is 0 Å². The van der Waals surface area contributed by atoms with E-state index in [0.717, 1.165) is 45.6 Å². The van der Waals surface area contributed by atoms with Crippen molar-refractivity contribution in [2.75, 3.05) is 39.9 Å². The van der Waals surface area contributed by atoms with Gasteiger partial charge in [0.25, 0.3) is 0 Å². The number of ether oxygens (including phenoxy) is 1. The summed E-state index contributed by atoms with van der Waals surface area (Å²) in [6.07, 6.45) is 2.03. The van der Waals surface area contributed by atoms with Gasteiger partial charge >= 0.3 is 0 Å². The zero-order chi connectivity index (χ0) is 9.94. The number of nitrogens with zero attached hydrogens (tertiary/aromatic N) is 1. The molecule has 1 N–H and O–H groups in total. The zero-order valence-corrected chi connectivity index (χ0v) is 8.58. The molecule has 0 saturated carbocycles. The van der Waals surface area contributed by atoms with E-state index in [-0.39, 0.29) is 0 Å². The van der Waals surface area contributed by atoms with Crippen LogP contribution in [-0.4, -0.2) is 51.2 Å². The molecule has 13 heavy (non-hydrogen) atoms. The van der Waals surface area contributed by atoms with Gasteiger partial charge < -0.3 is 15.0 Å². The van der Waals surface area contributed by atoms with Crippen molar-refractivity contribution in [2.45, 2.75) is 13.3 Å². The molecular formula is C9H20N2O2. The fraction of sp³-hybridized carbons (Fsp3) is 0.889. The van der Waals surface area contributed by atoms with E-state index < -0.39 is 0 Å². The Kier molecular flexibility index (Phi) is 9.03. The number of methoxy groups -OCH3 is 1. The zero-order valence-electron chi connectivity index (χ0n) is 8.58. The molecule has 1 aliphatic heterocycles. The molecule has 0 aliphatic carbocycles. The highest BCUT2D eigenvalue weighted by Gasteiger charge is 2.04. The Morgan fingerprint density at radius 3 is 2.31 bits per heavy atom. The second-order valence-electron chi connectivity index (χ2n) is 2.88. The van der Waals surface area contributed by atoms with Crippen molar-refractivity contribution in [3.8, 4) is 0 Å². The molecule has 1 rings (SSSR count). The standard InChI is InChI=1S/C5H10N2O.C4H10O/c8-5-7-3-1-6-2-4-7;1-3-4-5-2/h5-6H,1-4H2;3-4H2,1-2H3. The van der Waals surface area contributed by atoms with Gasteiger partial charge in [-0.3, -0.25) is 4.79 Å². The number of nitrogens with one attached hydrogen (secondary N) is 1. The average Bonchev–Trinajstić information content (AvgIpc) is 2.21. The first-order chi connectivity index (χ1) is 6.35. The van der Waals surface area contributed by atoms with Gasteiger partial charge in [0.15, 0.2) is 0 Å². The van der Waals surface area contributed by atoms with E-state index in [1.807, 2.05) is 0 Å². The first-order valence-corrected chi connectivity index (χ1v) is 4.74. The Balaban J connectivity index is 0.000000252. The molecule has 0 spiro atoms. The third-order valence-electron chi connectivity index (χ3n) is 1.71. The largest absolute Gasteiger partial charge is 0.385 e. The highest BCUT2D eigenvalue weighted by molar-refractivity contribution is 5.47. The molecule has 1 fully saturated rings. The lowest BCUT2D eigenvalue weighted by atomic mass is 10.4. The van der Waals surface area contributed by atoms with E-state index in [1.165, 1.54) is 0 Å². The highest BCUT2D eigenvalue weighted by Crippen LogP contribution is 1.84. The van der Waals surface area contributed by atoms with Gasteiger partial charge in [-0.1, -0.05) is 6.92 Å². The molecule has 0 aromatic carbocycles. The molecule has 4 heteroatoms. The lowest BCUT2D eigenvalue weighted by Gasteiger charge is -2.22. The van der Waals surface area contributed by atoms with Gasteiger partial charge in [-0.15, -0.1) is 0 Å². The van der Waals surface area contributed by atoms with Gasteiger partial charge in [0.2, 0.25) is 6.41 Å². The molecule has 0 aromatic heterocycles. The van der Waals surface area contributed by atoms with Crippen LogP contribution < -0.4 is 5.32 Å². The fourth-order valence-corrected chi connectivity index (χ4v) is 0.992. The Morgan fingerprint density at radius 1 is 1.46 bits per heavy atom. The van der Waals surface area contributed by atoms with Crippen LogP contribution in [0.1, 0.15) is 13.3 Å². The second-order valence-corrected chi connectivity index (χ2v) is 2.88. The van der Waals surface area contributed by atoms with Crippen LogP contribution in [0.5, 0.6) is 0 Å². The summed E-state index contributed by atoms with van der Waals surface area (Å²) in [6, 6.07) is 0. The van der Waals surface area contributed by atoms with Gasteiger partial charge in [0.1, 0.15) is 0 Å². The number of piperazine rings is 1. The van der Waals surface area contributed by atoms with E-state index in [2.05, 4.69) is 12.2 Å². The molecule has 78 valence electrons.